The smallest absolute Gasteiger partial charge is 0.337 e. The molecule has 0 heterocycles. The van der Waals surface area contributed by atoms with E-state index in [9.17, 15) is 18.3 Å². The molecule has 2 N–H and O–H groups in total. The van der Waals surface area contributed by atoms with Crippen LogP contribution in [0.1, 0.15) is 48.2 Å². The van der Waals surface area contributed by atoms with Crippen molar-refractivity contribution in [2.24, 2.45) is 0 Å². The molecule has 0 radical (unpaired) electrons. The van der Waals surface area contributed by atoms with Gasteiger partial charge in [-0.3, -0.25) is 4.72 Å². The van der Waals surface area contributed by atoms with Crippen molar-refractivity contribution in [2.75, 3.05) is 22.7 Å². The summed E-state index contributed by atoms with van der Waals surface area (Å²) in [6, 6.07) is 9.75. The summed E-state index contributed by atoms with van der Waals surface area (Å²) < 4.78 is 28.0. The molecule has 2 aromatic rings. The Morgan fingerprint density at radius 1 is 1.11 bits per heavy atom. The fourth-order valence-corrected chi connectivity index (χ4v) is 4.43. The molecular formula is C21H28N2O4S. The van der Waals surface area contributed by atoms with Gasteiger partial charge in [0.05, 0.1) is 16.1 Å². The van der Waals surface area contributed by atoms with E-state index in [1.165, 1.54) is 6.07 Å². The zero-order chi connectivity index (χ0) is 20.9. The zero-order valence-corrected chi connectivity index (χ0v) is 17.6. The first-order chi connectivity index (χ1) is 13.2. The minimum atomic E-state index is -3.81. The molecule has 0 spiro atoms. The predicted molar refractivity (Wildman–Crippen MR) is 113 cm³/mol. The van der Waals surface area contributed by atoms with Crippen LogP contribution in [0.5, 0.6) is 0 Å². The molecule has 0 aromatic heterocycles. The number of carboxylic acid groups (broad SMARTS) is 1. The van der Waals surface area contributed by atoms with Crippen LogP contribution in [0, 0.1) is 13.8 Å². The topological polar surface area (TPSA) is 86.7 Å². The Balaban J connectivity index is 2.39. The lowest BCUT2D eigenvalue weighted by Crippen LogP contribution is -2.26. The Bertz CT molecular complexity index is 955. The number of rotatable bonds is 9. The van der Waals surface area contributed by atoms with Gasteiger partial charge in [0, 0.05) is 18.8 Å². The molecule has 0 aliphatic heterocycles. The summed E-state index contributed by atoms with van der Waals surface area (Å²) in [4.78, 5) is 14.0. The number of carbonyl (C=O) groups is 1. The third-order valence-electron chi connectivity index (χ3n) is 4.60. The van der Waals surface area contributed by atoms with Crippen LogP contribution in [0.2, 0.25) is 0 Å². The van der Waals surface area contributed by atoms with Crippen molar-refractivity contribution in [3.05, 3.63) is 53.1 Å². The van der Waals surface area contributed by atoms with Crippen LogP contribution in [-0.2, 0) is 10.0 Å². The van der Waals surface area contributed by atoms with E-state index in [0.29, 0.717) is 17.8 Å². The molecule has 2 aromatic carbocycles. The molecule has 0 fully saturated rings. The van der Waals surface area contributed by atoms with Crippen molar-refractivity contribution in [1.29, 1.82) is 0 Å². The first-order valence-electron chi connectivity index (χ1n) is 9.42. The number of hydrogen-bond donors (Lipinski definition) is 2. The second kappa shape index (κ2) is 9.10. The van der Waals surface area contributed by atoms with Gasteiger partial charge in [0.1, 0.15) is 0 Å². The number of carboxylic acids is 1. The standard InChI is InChI=1S/C21H28N2O4S/c1-5-7-12-23(6-2)19-10-9-17(14-18(19)21(24)25)22-28(26,27)20-11-8-15(3)13-16(20)4/h8-11,13-14,22H,5-7,12H2,1-4H3,(H,24,25). The number of sulfonamides is 1. The fourth-order valence-electron chi connectivity index (χ4n) is 3.16. The van der Waals surface area contributed by atoms with Gasteiger partial charge in [0.15, 0.2) is 0 Å². The Kier molecular flexibility index (Phi) is 7.07. The van der Waals surface area contributed by atoms with Crippen molar-refractivity contribution < 1.29 is 18.3 Å². The Hall–Kier alpha value is -2.54. The molecule has 0 unspecified atom stereocenters. The zero-order valence-electron chi connectivity index (χ0n) is 16.8. The van der Waals surface area contributed by atoms with Crippen LogP contribution in [0.25, 0.3) is 0 Å². The number of anilines is 2. The highest BCUT2D eigenvalue weighted by molar-refractivity contribution is 7.92. The van der Waals surface area contributed by atoms with E-state index in [2.05, 4.69) is 11.6 Å². The molecule has 152 valence electrons. The molecule has 0 saturated heterocycles. The van der Waals surface area contributed by atoms with Crippen LogP contribution in [-0.4, -0.2) is 32.6 Å². The van der Waals surface area contributed by atoms with Crippen LogP contribution in [0.3, 0.4) is 0 Å². The Labute approximate surface area is 167 Å². The summed E-state index contributed by atoms with van der Waals surface area (Å²) in [5.74, 6) is -1.09. The molecular weight excluding hydrogens is 376 g/mol. The van der Waals surface area contributed by atoms with Crippen molar-refractivity contribution in [2.45, 2.75) is 45.4 Å². The van der Waals surface area contributed by atoms with Crippen molar-refractivity contribution in [3.63, 3.8) is 0 Å². The van der Waals surface area contributed by atoms with Gasteiger partial charge in [-0.15, -0.1) is 0 Å². The number of unbranched alkanes of at least 4 members (excludes halogenated alkanes) is 1. The van der Waals surface area contributed by atoms with Gasteiger partial charge in [-0.05, 0) is 57.0 Å². The molecule has 28 heavy (non-hydrogen) atoms. The van der Waals surface area contributed by atoms with Gasteiger partial charge in [0.25, 0.3) is 10.0 Å². The summed E-state index contributed by atoms with van der Waals surface area (Å²) in [5.41, 5.74) is 2.52. The molecule has 7 heteroatoms. The maximum atomic E-state index is 12.8. The number of aromatic carboxylic acids is 1. The van der Waals surface area contributed by atoms with Gasteiger partial charge < -0.3 is 10.0 Å². The van der Waals surface area contributed by atoms with Gasteiger partial charge in [-0.25, -0.2) is 13.2 Å². The minimum Gasteiger partial charge on any atom is -0.478 e. The summed E-state index contributed by atoms with van der Waals surface area (Å²) in [6.07, 6.45) is 1.96. The number of hydrogen-bond acceptors (Lipinski definition) is 4. The van der Waals surface area contributed by atoms with Crippen molar-refractivity contribution in [1.82, 2.24) is 0 Å². The lowest BCUT2D eigenvalue weighted by Gasteiger charge is -2.25. The van der Waals surface area contributed by atoms with Gasteiger partial charge >= 0.3 is 5.97 Å². The highest BCUT2D eigenvalue weighted by atomic mass is 32.2. The third kappa shape index (κ3) is 5.04. The van der Waals surface area contributed by atoms with E-state index in [0.717, 1.165) is 24.9 Å². The SMILES string of the molecule is CCCCN(CC)c1ccc(NS(=O)(=O)c2ccc(C)cc2C)cc1C(=O)O. The van der Waals surface area contributed by atoms with Crippen LogP contribution in [0.4, 0.5) is 11.4 Å². The summed E-state index contributed by atoms with van der Waals surface area (Å²) in [7, 11) is -3.81. The van der Waals surface area contributed by atoms with Crippen LogP contribution >= 0.6 is 0 Å². The third-order valence-corrected chi connectivity index (χ3v) is 6.14. The average Bonchev–Trinajstić information content (AvgIpc) is 2.62. The van der Waals surface area contributed by atoms with Crippen LogP contribution in [0.15, 0.2) is 41.3 Å². The quantitative estimate of drug-likeness (QED) is 0.646. The van der Waals surface area contributed by atoms with E-state index < -0.39 is 16.0 Å². The molecule has 0 bridgehead atoms. The lowest BCUT2D eigenvalue weighted by atomic mass is 10.1. The van der Waals surface area contributed by atoms with Crippen molar-refractivity contribution >= 4 is 27.4 Å². The molecule has 0 aliphatic carbocycles. The van der Waals surface area contributed by atoms with E-state index in [-0.39, 0.29) is 16.1 Å². The molecule has 0 saturated carbocycles. The summed E-state index contributed by atoms with van der Waals surface area (Å²) in [6.45, 7) is 9.11. The van der Waals surface area contributed by atoms with Gasteiger partial charge in [-0.1, -0.05) is 31.0 Å². The minimum absolute atomic E-state index is 0.0822. The largest absolute Gasteiger partial charge is 0.478 e. The molecule has 6 nitrogen and oxygen atoms in total. The Morgan fingerprint density at radius 3 is 2.39 bits per heavy atom. The number of benzene rings is 2. The second-order valence-electron chi connectivity index (χ2n) is 6.84. The van der Waals surface area contributed by atoms with E-state index in [4.69, 9.17) is 0 Å². The first-order valence-corrected chi connectivity index (χ1v) is 10.9. The van der Waals surface area contributed by atoms with E-state index >= 15 is 0 Å². The predicted octanol–water partition coefficient (Wildman–Crippen LogP) is 4.43. The van der Waals surface area contributed by atoms with Crippen molar-refractivity contribution in [3.8, 4) is 0 Å². The normalized spacial score (nSPS) is 11.3. The van der Waals surface area contributed by atoms with E-state index in [1.54, 1.807) is 37.3 Å². The molecule has 2 rings (SSSR count). The average molecular weight is 405 g/mol. The maximum absolute atomic E-state index is 12.8. The maximum Gasteiger partial charge on any atom is 0.337 e. The van der Waals surface area contributed by atoms with Gasteiger partial charge in [-0.2, -0.15) is 0 Å². The number of nitrogens with zero attached hydrogens (tertiary/aromatic N) is 1. The molecule has 0 aliphatic rings. The highest BCUT2D eigenvalue weighted by Crippen LogP contribution is 2.27. The van der Waals surface area contributed by atoms with E-state index in [1.807, 2.05) is 18.7 Å². The number of nitrogens with one attached hydrogen (secondary N) is 1. The Morgan fingerprint density at radius 2 is 1.82 bits per heavy atom. The lowest BCUT2D eigenvalue weighted by molar-refractivity contribution is 0.0697. The fraction of sp³-hybridized carbons (Fsp3) is 0.381. The monoisotopic (exact) mass is 404 g/mol. The highest BCUT2D eigenvalue weighted by Gasteiger charge is 2.20. The summed E-state index contributed by atoms with van der Waals surface area (Å²) in [5, 5.41) is 9.65. The molecule has 0 atom stereocenters. The summed E-state index contributed by atoms with van der Waals surface area (Å²) >= 11 is 0. The van der Waals surface area contributed by atoms with Crippen LogP contribution < -0.4 is 9.62 Å². The molecule has 0 amide bonds. The second-order valence-corrected chi connectivity index (χ2v) is 8.50. The number of aryl methyl sites for hydroxylation is 2. The van der Waals surface area contributed by atoms with Gasteiger partial charge in [0.2, 0.25) is 0 Å². The first kappa shape index (κ1) is 21.8.